The van der Waals surface area contributed by atoms with Crippen molar-refractivity contribution in [3.8, 4) is 0 Å². The zero-order valence-corrected chi connectivity index (χ0v) is 6.65. The smallest absolute Gasteiger partial charge is 0.238 e. The number of halogens is 2. The van der Waals surface area contributed by atoms with Crippen LogP contribution in [-0.2, 0) is 0 Å². The third kappa shape index (κ3) is 3.65. The fourth-order valence-corrected chi connectivity index (χ4v) is 1.58. The molecule has 0 aliphatic carbocycles. The third-order valence-corrected chi connectivity index (χ3v) is 2.21. The minimum atomic E-state index is -2.11. The SMILES string of the molecule is FC(F)CC1CCCNCC1. The molecule has 1 aliphatic rings. The van der Waals surface area contributed by atoms with Crippen molar-refractivity contribution >= 4 is 0 Å². The Kier molecular flexibility index (Phi) is 3.77. The van der Waals surface area contributed by atoms with Crippen LogP contribution in [0.15, 0.2) is 0 Å². The molecule has 1 N–H and O–H groups in total. The molecule has 0 spiro atoms. The van der Waals surface area contributed by atoms with Gasteiger partial charge in [-0.05, 0) is 38.3 Å². The van der Waals surface area contributed by atoms with Crippen LogP contribution in [0.25, 0.3) is 0 Å². The van der Waals surface area contributed by atoms with Crippen LogP contribution in [0.3, 0.4) is 0 Å². The molecule has 1 atom stereocenters. The van der Waals surface area contributed by atoms with Gasteiger partial charge in [0.05, 0.1) is 0 Å². The first-order chi connectivity index (χ1) is 5.29. The van der Waals surface area contributed by atoms with Gasteiger partial charge in [-0.1, -0.05) is 0 Å². The molecule has 1 fully saturated rings. The van der Waals surface area contributed by atoms with E-state index < -0.39 is 6.43 Å². The molecular weight excluding hydrogens is 148 g/mol. The van der Waals surface area contributed by atoms with Gasteiger partial charge >= 0.3 is 0 Å². The normalized spacial score (nSPS) is 27.0. The second-order valence-electron chi connectivity index (χ2n) is 3.17. The summed E-state index contributed by atoms with van der Waals surface area (Å²) in [5, 5.41) is 3.21. The van der Waals surface area contributed by atoms with Crippen LogP contribution in [0.5, 0.6) is 0 Å². The van der Waals surface area contributed by atoms with Crippen LogP contribution < -0.4 is 5.32 Å². The molecule has 0 bridgehead atoms. The summed E-state index contributed by atoms with van der Waals surface area (Å²) in [5.74, 6) is 0.255. The Bertz CT molecular complexity index is 98.3. The van der Waals surface area contributed by atoms with Gasteiger partial charge in [-0.2, -0.15) is 0 Å². The highest BCUT2D eigenvalue weighted by atomic mass is 19.3. The average Bonchev–Trinajstić information content (AvgIpc) is 2.14. The topological polar surface area (TPSA) is 12.0 Å². The number of alkyl halides is 2. The van der Waals surface area contributed by atoms with Gasteiger partial charge in [0, 0.05) is 6.42 Å². The van der Waals surface area contributed by atoms with Crippen LogP contribution in [0.1, 0.15) is 25.7 Å². The van der Waals surface area contributed by atoms with Crippen molar-refractivity contribution in [3.05, 3.63) is 0 Å². The molecule has 1 rings (SSSR count). The first-order valence-corrected chi connectivity index (χ1v) is 4.28. The van der Waals surface area contributed by atoms with Gasteiger partial charge in [-0.25, -0.2) is 8.78 Å². The summed E-state index contributed by atoms with van der Waals surface area (Å²) in [6, 6.07) is 0. The van der Waals surface area contributed by atoms with Crippen LogP contribution >= 0.6 is 0 Å². The lowest BCUT2D eigenvalue weighted by molar-refractivity contribution is 0.111. The highest BCUT2D eigenvalue weighted by Crippen LogP contribution is 2.20. The van der Waals surface area contributed by atoms with Gasteiger partial charge in [0.1, 0.15) is 0 Å². The maximum Gasteiger partial charge on any atom is 0.238 e. The van der Waals surface area contributed by atoms with Gasteiger partial charge in [0.25, 0.3) is 0 Å². The number of rotatable bonds is 2. The van der Waals surface area contributed by atoms with E-state index in [4.69, 9.17) is 0 Å². The lowest BCUT2D eigenvalue weighted by Crippen LogP contribution is -2.14. The van der Waals surface area contributed by atoms with Crippen molar-refractivity contribution in [2.24, 2.45) is 5.92 Å². The van der Waals surface area contributed by atoms with Gasteiger partial charge in [-0.15, -0.1) is 0 Å². The van der Waals surface area contributed by atoms with Crippen molar-refractivity contribution < 1.29 is 8.78 Å². The summed E-state index contributed by atoms with van der Waals surface area (Å²) in [6.45, 7) is 1.91. The van der Waals surface area contributed by atoms with Gasteiger partial charge < -0.3 is 5.32 Å². The van der Waals surface area contributed by atoms with Crippen LogP contribution in [0, 0.1) is 5.92 Å². The second-order valence-corrected chi connectivity index (χ2v) is 3.17. The van der Waals surface area contributed by atoms with E-state index in [0.717, 1.165) is 32.4 Å². The van der Waals surface area contributed by atoms with E-state index in [1.54, 1.807) is 0 Å². The van der Waals surface area contributed by atoms with Crippen molar-refractivity contribution in [3.63, 3.8) is 0 Å². The number of nitrogens with one attached hydrogen (secondary N) is 1. The van der Waals surface area contributed by atoms with Crippen molar-refractivity contribution in [1.29, 1.82) is 0 Å². The third-order valence-electron chi connectivity index (χ3n) is 2.21. The number of hydrogen-bond donors (Lipinski definition) is 1. The summed E-state index contributed by atoms with van der Waals surface area (Å²) in [7, 11) is 0. The molecule has 1 saturated heterocycles. The molecule has 0 aromatic carbocycles. The first kappa shape index (κ1) is 8.91. The molecular formula is C8H15F2N. The Morgan fingerprint density at radius 1 is 1.27 bits per heavy atom. The van der Waals surface area contributed by atoms with Crippen LogP contribution in [-0.4, -0.2) is 19.5 Å². The van der Waals surface area contributed by atoms with Gasteiger partial charge in [-0.3, -0.25) is 0 Å². The predicted molar refractivity (Wildman–Crippen MR) is 40.8 cm³/mol. The van der Waals surface area contributed by atoms with Crippen LogP contribution in [0.4, 0.5) is 8.78 Å². The summed E-state index contributed by atoms with van der Waals surface area (Å²) in [6.07, 6.45) is 0.930. The standard InChI is InChI=1S/C8H15F2N/c9-8(10)6-7-2-1-4-11-5-3-7/h7-8,11H,1-6H2. The molecule has 0 amide bonds. The van der Waals surface area contributed by atoms with Crippen molar-refractivity contribution in [2.45, 2.75) is 32.1 Å². The van der Waals surface area contributed by atoms with Gasteiger partial charge in [0.15, 0.2) is 0 Å². The maximum atomic E-state index is 11.9. The quantitative estimate of drug-likeness (QED) is 0.656. The largest absolute Gasteiger partial charge is 0.317 e. The highest BCUT2D eigenvalue weighted by Gasteiger charge is 2.16. The molecule has 1 heterocycles. The second kappa shape index (κ2) is 4.65. The molecule has 1 unspecified atom stereocenters. The Balaban J connectivity index is 2.20. The van der Waals surface area contributed by atoms with Gasteiger partial charge in [0.2, 0.25) is 6.43 Å². The van der Waals surface area contributed by atoms with Crippen molar-refractivity contribution in [1.82, 2.24) is 5.32 Å². The van der Waals surface area contributed by atoms with E-state index >= 15 is 0 Å². The van der Waals surface area contributed by atoms with Crippen LogP contribution in [0.2, 0.25) is 0 Å². The minimum Gasteiger partial charge on any atom is -0.317 e. The summed E-state index contributed by atoms with van der Waals surface area (Å²) in [4.78, 5) is 0. The minimum absolute atomic E-state index is 0.0989. The summed E-state index contributed by atoms with van der Waals surface area (Å²) < 4.78 is 23.9. The van der Waals surface area contributed by atoms with E-state index in [0.29, 0.717) is 0 Å². The van der Waals surface area contributed by atoms with E-state index in [-0.39, 0.29) is 12.3 Å². The fourth-order valence-electron chi connectivity index (χ4n) is 1.58. The highest BCUT2D eigenvalue weighted by molar-refractivity contribution is 4.67. The van der Waals surface area contributed by atoms with E-state index in [9.17, 15) is 8.78 Å². The summed E-state index contributed by atoms with van der Waals surface area (Å²) >= 11 is 0. The van der Waals surface area contributed by atoms with E-state index in [2.05, 4.69) is 5.32 Å². The monoisotopic (exact) mass is 163 g/mol. The molecule has 1 aliphatic heterocycles. The van der Waals surface area contributed by atoms with E-state index in [1.807, 2.05) is 0 Å². The van der Waals surface area contributed by atoms with E-state index in [1.165, 1.54) is 0 Å². The molecule has 0 aromatic rings. The lowest BCUT2D eigenvalue weighted by Gasteiger charge is -2.11. The molecule has 11 heavy (non-hydrogen) atoms. The molecule has 0 radical (unpaired) electrons. The predicted octanol–water partition coefficient (Wildman–Crippen LogP) is 2.03. The lowest BCUT2D eigenvalue weighted by atomic mass is 9.97. The molecule has 1 nitrogen and oxygen atoms in total. The van der Waals surface area contributed by atoms with Crippen molar-refractivity contribution in [2.75, 3.05) is 13.1 Å². The maximum absolute atomic E-state index is 11.9. The summed E-state index contributed by atoms with van der Waals surface area (Å²) in [5.41, 5.74) is 0. The average molecular weight is 163 g/mol. The zero-order chi connectivity index (χ0) is 8.10. The molecule has 0 aromatic heterocycles. The zero-order valence-electron chi connectivity index (χ0n) is 6.65. The molecule has 0 saturated carbocycles. The Morgan fingerprint density at radius 2 is 2.09 bits per heavy atom. The Morgan fingerprint density at radius 3 is 2.82 bits per heavy atom. The fraction of sp³-hybridized carbons (Fsp3) is 1.00. The number of hydrogen-bond acceptors (Lipinski definition) is 1. The Labute approximate surface area is 66.2 Å². The first-order valence-electron chi connectivity index (χ1n) is 4.28. The molecule has 66 valence electrons. The molecule has 3 heteroatoms. The Hall–Kier alpha value is -0.180.